The molecular formula is C23H36N2O2. The molecule has 4 heteroatoms. The summed E-state index contributed by atoms with van der Waals surface area (Å²) in [6.45, 7) is 13.2. The van der Waals surface area contributed by atoms with E-state index in [0.717, 1.165) is 43.6 Å². The maximum absolute atomic E-state index is 12.7. The fourth-order valence-electron chi connectivity index (χ4n) is 4.24. The van der Waals surface area contributed by atoms with Crippen LogP contribution in [0.2, 0.25) is 0 Å². The Bertz CT molecular complexity index is 603. The first-order valence-corrected chi connectivity index (χ1v) is 10.7. The molecule has 2 fully saturated rings. The molecule has 2 aliphatic heterocycles. The minimum Gasteiger partial charge on any atom is -0.489 e. The Labute approximate surface area is 164 Å². The minimum atomic E-state index is 0.116. The first-order valence-electron chi connectivity index (χ1n) is 10.7. The predicted octanol–water partition coefficient (Wildman–Crippen LogP) is 4.16. The largest absolute Gasteiger partial charge is 0.489 e. The van der Waals surface area contributed by atoms with E-state index in [1.807, 2.05) is 4.90 Å². The highest BCUT2D eigenvalue weighted by molar-refractivity contribution is 5.78. The lowest BCUT2D eigenvalue weighted by Crippen LogP contribution is -2.43. The van der Waals surface area contributed by atoms with E-state index < -0.39 is 0 Å². The molecule has 2 heterocycles. The van der Waals surface area contributed by atoms with Crippen LogP contribution < -0.4 is 4.74 Å². The SMILES string of the molecule is CC(C)c1ccc(O[C@H]2CCN(C(=O)CN3CCC(C(C)C)CC3)C2)cc1. The number of hydrogen-bond acceptors (Lipinski definition) is 3. The molecule has 0 spiro atoms. The van der Waals surface area contributed by atoms with Gasteiger partial charge in [-0.15, -0.1) is 0 Å². The van der Waals surface area contributed by atoms with E-state index in [4.69, 9.17) is 4.74 Å². The first-order chi connectivity index (χ1) is 12.9. The van der Waals surface area contributed by atoms with Crippen LogP contribution in [-0.2, 0) is 4.79 Å². The smallest absolute Gasteiger partial charge is 0.236 e. The third-order valence-corrected chi connectivity index (χ3v) is 6.28. The van der Waals surface area contributed by atoms with E-state index in [0.29, 0.717) is 19.0 Å². The summed E-state index contributed by atoms with van der Waals surface area (Å²) in [6.07, 6.45) is 3.49. The number of amides is 1. The Hall–Kier alpha value is -1.55. The number of likely N-dealkylation sites (tertiary alicyclic amines) is 2. The van der Waals surface area contributed by atoms with Gasteiger partial charge in [-0.2, -0.15) is 0 Å². The topological polar surface area (TPSA) is 32.8 Å². The number of benzene rings is 1. The average molecular weight is 373 g/mol. The highest BCUT2D eigenvalue weighted by Gasteiger charge is 2.30. The zero-order valence-corrected chi connectivity index (χ0v) is 17.5. The second kappa shape index (κ2) is 9.09. The van der Waals surface area contributed by atoms with Crippen molar-refractivity contribution in [3.05, 3.63) is 29.8 Å². The van der Waals surface area contributed by atoms with Gasteiger partial charge in [-0.25, -0.2) is 0 Å². The highest BCUT2D eigenvalue weighted by Crippen LogP contribution is 2.25. The van der Waals surface area contributed by atoms with Crippen molar-refractivity contribution in [2.24, 2.45) is 11.8 Å². The van der Waals surface area contributed by atoms with Crippen LogP contribution in [-0.4, -0.2) is 54.5 Å². The lowest BCUT2D eigenvalue weighted by molar-refractivity contribution is -0.132. The van der Waals surface area contributed by atoms with E-state index >= 15 is 0 Å². The molecule has 0 radical (unpaired) electrons. The summed E-state index contributed by atoms with van der Waals surface area (Å²) in [5, 5.41) is 0. The Balaban J connectivity index is 1.43. The van der Waals surface area contributed by atoms with Gasteiger partial charge < -0.3 is 9.64 Å². The molecule has 0 bridgehead atoms. The van der Waals surface area contributed by atoms with Gasteiger partial charge in [-0.1, -0.05) is 39.8 Å². The predicted molar refractivity (Wildman–Crippen MR) is 110 cm³/mol. The summed E-state index contributed by atoms with van der Waals surface area (Å²) >= 11 is 0. The van der Waals surface area contributed by atoms with Crippen molar-refractivity contribution in [2.45, 2.75) is 59.0 Å². The van der Waals surface area contributed by atoms with Gasteiger partial charge in [0.05, 0.1) is 13.1 Å². The van der Waals surface area contributed by atoms with Crippen molar-refractivity contribution in [2.75, 3.05) is 32.7 Å². The first kappa shape index (κ1) is 20.2. The summed E-state index contributed by atoms with van der Waals surface area (Å²) in [4.78, 5) is 17.0. The molecule has 0 N–H and O–H groups in total. The minimum absolute atomic E-state index is 0.116. The summed E-state index contributed by atoms with van der Waals surface area (Å²) in [5.74, 6) is 3.29. The number of piperidine rings is 1. The Morgan fingerprint density at radius 1 is 1.04 bits per heavy atom. The molecule has 27 heavy (non-hydrogen) atoms. The van der Waals surface area contributed by atoms with Crippen molar-refractivity contribution in [1.29, 1.82) is 0 Å². The number of nitrogens with zero attached hydrogens (tertiary/aromatic N) is 2. The van der Waals surface area contributed by atoms with Crippen LogP contribution in [0.1, 0.15) is 58.4 Å². The van der Waals surface area contributed by atoms with Crippen LogP contribution in [0.15, 0.2) is 24.3 Å². The van der Waals surface area contributed by atoms with Crippen molar-refractivity contribution < 1.29 is 9.53 Å². The van der Waals surface area contributed by atoms with E-state index in [2.05, 4.69) is 56.9 Å². The summed E-state index contributed by atoms with van der Waals surface area (Å²) in [6, 6.07) is 8.38. The molecule has 0 saturated carbocycles. The third-order valence-electron chi connectivity index (χ3n) is 6.28. The maximum Gasteiger partial charge on any atom is 0.236 e. The fourth-order valence-corrected chi connectivity index (χ4v) is 4.24. The lowest BCUT2D eigenvalue weighted by Gasteiger charge is -2.34. The number of hydrogen-bond donors (Lipinski definition) is 0. The molecular weight excluding hydrogens is 336 g/mol. The summed E-state index contributed by atoms with van der Waals surface area (Å²) in [5.41, 5.74) is 1.33. The Morgan fingerprint density at radius 3 is 2.30 bits per heavy atom. The van der Waals surface area contributed by atoms with Gasteiger partial charge in [0.1, 0.15) is 11.9 Å². The Kier molecular flexibility index (Phi) is 6.80. The van der Waals surface area contributed by atoms with Gasteiger partial charge in [0.15, 0.2) is 0 Å². The van der Waals surface area contributed by atoms with Crippen molar-refractivity contribution in [3.63, 3.8) is 0 Å². The zero-order valence-electron chi connectivity index (χ0n) is 17.5. The summed E-state index contributed by atoms with van der Waals surface area (Å²) in [7, 11) is 0. The molecule has 2 saturated heterocycles. The standard InChI is InChI=1S/C23H36N2O2/c1-17(2)19-5-7-21(8-6-19)27-22-11-14-25(15-22)23(26)16-24-12-9-20(10-13-24)18(3)4/h5-8,17-18,20,22H,9-16H2,1-4H3/t22-/m0/s1. The molecule has 1 aromatic carbocycles. The van der Waals surface area contributed by atoms with Gasteiger partial charge in [0.2, 0.25) is 5.91 Å². The van der Waals surface area contributed by atoms with Crippen molar-refractivity contribution in [1.82, 2.24) is 9.80 Å². The van der Waals surface area contributed by atoms with Crippen LogP contribution in [0.4, 0.5) is 0 Å². The molecule has 2 aliphatic rings. The molecule has 1 amide bonds. The van der Waals surface area contributed by atoms with Crippen LogP contribution in [0.25, 0.3) is 0 Å². The van der Waals surface area contributed by atoms with Crippen LogP contribution in [0.5, 0.6) is 5.75 Å². The van der Waals surface area contributed by atoms with E-state index in [1.54, 1.807) is 0 Å². The van der Waals surface area contributed by atoms with E-state index in [-0.39, 0.29) is 12.0 Å². The summed E-state index contributed by atoms with van der Waals surface area (Å²) < 4.78 is 6.11. The lowest BCUT2D eigenvalue weighted by atomic mass is 9.87. The molecule has 3 rings (SSSR count). The molecule has 0 aliphatic carbocycles. The van der Waals surface area contributed by atoms with Crippen molar-refractivity contribution >= 4 is 5.91 Å². The normalized spacial score (nSPS) is 22.0. The maximum atomic E-state index is 12.7. The second-order valence-corrected chi connectivity index (χ2v) is 8.95. The number of carbonyl (C=O) groups is 1. The molecule has 4 nitrogen and oxygen atoms in total. The second-order valence-electron chi connectivity index (χ2n) is 8.95. The quantitative estimate of drug-likeness (QED) is 0.752. The third kappa shape index (κ3) is 5.47. The van der Waals surface area contributed by atoms with E-state index in [9.17, 15) is 4.79 Å². The van der Waals surface area contributed by atoms with Gasteiger partial charge in [0, 0.05) is 13.0 Å². The average Bonchev–Trinajstić information content (AvgIpc) is 3.11. The molecule has 1 atom stereocenters. The van der Waals surface area contributed by atoms with Gasteiger partial charge in [-0.05, 0) is 61.4 Å². The van der Waals surface area contributed by atoms with Crippen LogP contribution in [0.3, 0.4) is 0 Å². The molecule has 0 unspecified atom stereocenters. The monoisotopic (exact) mass is 372 g/mol. The van der Waals surface area contributed by atoms with Crippen LogP contribution in [0, 0.1) is 11.8 Å². The molecule has 1 aromatic rings. The molecule has 150 valence electrons. The highest BCUT2D eigenvalue weighted by atomic mass is 16.5. The number of ether oxygens (including phenoxy) is 1. The van der Waals surface area contributed by atoms with Gasteiger partial charge in [0.25, 0.3) is 0 Å². The fraction of sp³-hybridized carbons (Fsp3) is 0.696. The van der Waals surface area contributed by atoms with E-state index in [1.165, 1.54) is 18.4 Å². The Morgan fingerprint density at radius 2 is 1.70 bits per heavy atom. The number of carbonyl (C=O) groups excluding carboxylic acids is 1. The van der Waals surface area contributed by atoms with Crippen LogP contribution >= 0.6 is 0 Å². The van der Waals surface area contributed by atoms with Gasteiger partial charge >= 0.3 is 0 Å². The zero-order chi connectivity index (χ0) is 19.4. The van der Waals surface area contributed by atoms with Gasteiger partial charge in [-0.3, -0.25) is 9.69 Å². The van der Waals surface area contributed by atoms with Crippen molar-refractivity contribution in [3.8, 4) is 5.75 Å². The number of rotatable bonds is 6. The molecule has 0 aromatic heterocycles.